The molecule has 3 fully saturated rings. The van der Waals surface area contributed by atoms with Crippen LogP contribution in [0.2, 0.25) is 5.02 Å². The first-order chi connectivity index (χ1) is 14.9. The number of ether oxygens (including phenoxy) is 1. The minimum atomic E-state index is -1.26. The fourth-order valence-electron chi connectivity index (χ4n) is 5.76. The molecule has 1 aromatic rings. The third-order valence-corrected chi connectivity index (χ3v) is 7.53. The lowest BCUT2D eigenvalue weighted by molar-refractivity contribution is -0.149. The van der Waals surface area contributed by atoms with Gasteiger partial charge in [-0.05, 0) is 24.5 Å². The van der Waals surface area contributed by atoms with Gasteiger partial charge in [0.25, 0.3) is 0 Å². The van der Waals surface area contributed by atoms with Crippen molar-refractivity contribution >= 4 is 29.4 Å². The lowest BCUT2D eigenvalue weighted by atomic mass is 9.74. The van der Waals surface area contributed by atoms with Crippen LogP contribution < -0.4 is 5.32 Å². The molecule has 2 amide bonds. The van der Waals surface area contributed by atoms with Gasteiger partial charge in [0, 0.05) is 17.6 Å². The topological polar surface area (TPSA) is 95.9 Å². The molecule has 1 saturated carbocycles. The van der Waals surface area contributed by atoms with Gasteiger partial charge in [-0.25, -0.2) is 0 Å². The summed E-state index contributed by atoms with van der Waals surface area (Å²) in [7, 11) is 0. The quantitative estimate of drug-likeness (QED) is 0.680. The number of carboxylic acids is 1. The summed E-state index contributed by atoms with van der Waals surface area (Å²) >= 11 is 6.33. The molecule has 0 radical (unpaired) electrons. The number of rotatable bonds is 5. The molecule has 3 aliphatic heterocycles. The molecular weight excluding hydrogens is 420 g/mol. The van der Waals surface area contributed by atoms with Crippen LogP contribution in [-0.2, 0) is 25.7 Å². The number of hydrogen-bond acceptors (Lipinski definition) is 4. The van der Waals surface area contributed by atoms with Crippen LogP contribution in [0.1, 0.15) is 37.7 Å². The number of likely N-dealkylation sites (tertiary alicyclic amines) is 1. The van der Waals surface area contributed by atoms with Gasteiger partial charge >= 0.3 is 5.97 Å². The molecular formula is C23H25ClN2O5. The lowest BCUT2D eigenvalue weighted by Crippen LogP contribution is -2.56. The molecule has 0 aromatic heterocycles. The summed E-state index contributed by atoms with van der Waals surface area (Å²) in [4.78, 5) is 40.5. The maximum atomic E-state index is 13.5. The van der Waals surface area contributed by atoms with Crippen molar-refractivity contribution in [3.63, 3.8) is 0 Å². The predicted molar refractivity (Wildman–Crippen MR) is 112 cm³/mol. The Morgan fingerprint density at radius 2 is 1.97 bits per heavy atom. The molecule has 2 N–H and O–H groups in total. The number of fused-ring (bicyclic) bond motifs is 1. The highest BCUT2D eigenvalue weighted by Gasteiger charge is 2.73. The molecule has 2 saturated heterocycles. The molecule has 2 bridgehead atoms. The average molecular weight is 445 g/mol. The van der Waals surface area contributed by atoms with E-state index in [0.29, 0.717) is 10.6 Å². The Morgan fingerprint density at radius 3 is 2.68 bits per heavy atom. The van der Waals surface area contributed by atoms with Gasteiger partial charge in [-0.2, -0.15) is 0 Å². The van der Waals surface area contributed by atoms with Crippen LogP contribution in [0.15, 0.2) is 36.4 Å². The number of carbonyl (C=O) groups excluding carboxylic acids is 2. The van der Waals surface area contributed by atoms with Crippen molar-refractivity contribution in [3.05, 3.63) is 47.0 Å². The maximum absolute atomic E-state index is 13.5. The number of amides is 2. The van der Waals surface area contributed by atoms with Gasteiger partial charge in [-0.15, -0.1) is 0 Å². The first-order valence-electron chi connectivity index (χ1n) is 10.9. The van der Waals surface area contributed by atoms with Gasteiger partial charge in [0.15, 0.2) is 0 Å². The van der Waals surface area contributed by atoms with Gasteiger partial charge in [-0.3, -0.25) is 14.4 Å². The number of nitrogens with zero attached hydrogens (tertiary/aromatic N) is 1. The maximum Gasteiger partial charge on any atom is 0.310 e. The molecule has 1 spiro atoms. The molecule has 4 aliphatic rings. The molecule has 7 nitrogen and oxygen atoms in total. The van der Waals surface area contributed by atoms with E-state index < -0.39 is 35.6 Å². The van der Waals surface area contributed by atoms with Crippen molar-refractivity contribution in [2.75, 3.05) is 0 Å². The van der Waals surface area contributed by atoms with Crippen LogP contribution in [0.4, 0.5) is 0 Å². The number of carboxylic acid groups (broad SMARTS) is 1. The number of carbonyl (C=O) groups is 3. The van der Waals surface area contributed by atoms with Crippen molar-refractivity contribution in [1.82, 2.24) is 10.2 Å². The Hall–Kier alpha value is -2.38. The first-order valence-corrected chi connectivity index (χ1v) is 11.2. The van der Waals surface area contributed by atoms with E-state index in [4.69, 9.17) is 16.3 Å². The third-order valence-electron chi connectivity index (χ3n) is 7.16. The van der Waals surface area contributed by atoms with E-state index in [-0.39, 0.29) is 24.4 Å². The van der Waals surface area contributed by atoms with Crippen molar-refractivity contribution in [3.8, 4) is 0 Å². The fourth-order valence-corrected chi connectivity index (χ4v) is 5.95. The number of nitrogens with one attached hydrogen (secondary N) is 1. The van der Waals surface area contributed by atoms with Gasteiger partial charge in [0.2, 0.25) is 11.8 Å². The molecule has 1 aromatic carbocycles. The molecule has 31 heavy (non-hydrogen) atoms. The highest BCUT2D eigenvalue weighted by Crippen LogP contribution is 2.55. The largest absolute Gasteiger partial charge is 0.481 e. The fraction of sp³-hybridized carbons (Fsp3) is 0.522. The molecule has 5 unspecified atom stereocenters. The Bertz CT molecular complexity index is 959. The van der Waals surface area contributed by atoms with Gasteiger partial charge in [0.05, 0.1) is 12.0 Å². The molecule has 3 heterocycles. The summed E-state index contributed by atoms with van der Waals surface area (Å²) in [6.07, 6.45) is 7.82. The van der Waals surface area contributed by atoms with E-state index in [2.05, 4.69) is 5.32 Å². The highest BCUT2D eigenvalue weighted by molar-refractivity contribution is 6.31. The van der Waals surface area contributed by atoms with Crippen LogP contribution in [0.5, 0.6) is 0 Å². The number of aliphatic carboxylic acids is 1. The Balaban J connectivity index is 1.51. The van der Waals surface area contributed by atoms with Crippen LogP contribution in [-0.4, -0.2) is 51.6 Å². The minimum absolute atomic E-state index is 0.0619. The zero-order chi connectivity index (χ0) is 21.8. The van der Waals surface area contributed by atoms with E-state index in [1.807, 2.05) is 6.07 Å². The van der Waals surface area contributed by atoms with E-state index in [0.717, 1.165) is 32.1 Å². The first kappa shape index (κ1) is 20.5. The molecule has 164 valence electrons. The third kappa shape index (κ3) is 3.17. The van der Waals surface area contributed by atoms with Crippen molar-refractivity contribution in [2.45, 2.75) is 62.4 Å². The van der Waals surface area contributed by atoms with Gasteiger partial charge < -0.3 is 20.1 Å². The zero-order valence-electron chi connectivity index (χ0n) is 17.0. The van der Waals surface area contributed by atoms with E-state index in [1.165, 1.54) is 4.90 Å². The van der Waals surface area contributed by atoms with E-state index >= 15 is 0 Å². The second-order valence-electron chi connectivity index (χ2n) is 8.94. The predicted octanol–water partition coefficient (Wildman–Crippen LogP) is 2.52. The Labute approximate surface area is 185 Å². The second kappa shape index (κ2) is 7.64. The summed E-state index contributed by atoms with van der Waals surface area (Å²) < 4.78 is 6.10. The normalized spacial score (nSPS) is 34.2. The van der Waals surface area contributed by atoms with Crippen molar-refractivity contribution in [2.24, 2.45) is 11.8 Å². The van der Waals surface area contributed by atoms with Crippen LogP contribution in [0.3, 0.4) is 0 Å². The molecule has 1 aliphatic carbocycles. The lowest BCUT2D eigenvalue weighted by Gasteiger charge is -2.34. The standard InChI is InChI=1S/C23H25ClN2O5/c24-15-9-5-4-6-13(15)12-26-19(20(27)25-14-7-2-1-3-8-14)23-11-10-16(31-23)17(22(29)30)18(23)21(26)28/h4-6,9-11,14,16-19H,1-3,7-8,12H2,(H,25,27)(H,29,30). The Morgan fingerprint density at radius 1 is 1.23 bits per heavy atom. The minimum Gasteiger partial charge on any atom is -0.481 e. The van der Waals surface area contributed by atoms with Crippen molar-refractivity contribution in [1.29, 1.82) is 0 Å². The highest BCUT2D eigenvalue weighted by atomic mass is 35.5. The molecule has 8 heteroatoms. The summed E-state index contributed by atoms with van der Waals surface area (Å²) in [5, 5.41) is 13.4. The SMILES string of the molecule is O=C(O)C1C2C=CC3(O2)C1C(=O)N(Cc1ccccc1Cl)C3C(=O)NC1CCCCC1. The van der Waals surface area contributed by atoms with Crippen LogP contribution in [0, 0.1) is 11.8 Å². The monoisotopic (exact) mass is 444 g/mol. The zero-order valence-corrected chi connectivity index (χ0v) is 17.8. The number of hydrogen-bond donors (Lipinski definition) is 2. The van der Waals surface area contributed by atoms with Gasteiger partial charge in [-0.1, -0.05) is 61.2 Å². The second-order valence-corrected chi connectivity index (χ2v) is 9.35. The summed E-state index contributed by atoms with van der Waals surface area (Å²) in [5.74, 6) is -3.67. The number of benzene rings is 1. The summed E-state index contributed by atoms with van der Waals surface area (Å²) in [6, 6.07) is 6.28. The van der Waals surface area contributed by atoms with E-state index in [1.54, 1.807) is 30.4 Å². The summed E-state index contributed by atoms with van der Waals surface area (Å²) in [5.41, 5.74) is -0.556. The molecule has 5 rings (SSSR count). The van der Waals surface area contributed by atoms with Crippen LogP contribution in [0.25, 0.3) is 0 Å². The van der Waals surface area contributed by atoms with Crippen LogP contribution >= 0.6 is 11.6 Å². The average Bonchev–Trinajstić information content (AvgIpc) is 3.38. The van der Waals surface area contributed by atoms with Gasteiger partial charge in [0.1, 0.15) is 17.6 Å². The van der Waals surface area contributed by atoms with Crippen molar-refractivity contribution < 1.29 is 24.2 Å². The van der Waals surface area contributed by atoms with E-state index in [9.17, 15) is 19.5 Å². The smallest absolute Gasteiger partial charge is 0.310 e. The molecule has 5 atom stereocenters. The summed E-state index contributed by atoms with van der Waals surface area (Å²) in [6.45, 7) is 0.119. The Kier molecular flexibility index (Phi) is 5.06. The number of halogens is 1.